The largest absolute Gasteiger partial charge is 0.456 e. The van der Waals surface area contributed by atoms with E-state index in [2.05, 4.69) is 167 Å². The zero-order chi connectivity index (χ0) is 36.7. The lowest BCUT2D eigenvalue weighted by Crippen LogP contribution is -2.05. The lowest BCUT2D eigenvalue weighted by Gasteiger charge is -2.18. The molecule has 0 aliphatic rings. The van der Waals surface area contributed by atoms with Crippen molar-refractivity contribution in [1.82, 2.24) is 24.1 Å². The number of nitrogens with zero attached hydrogens (tertiary/aromatic N) is 5. The average molecular weight is 718 g/mol. The third-order valence-electron chi connectivity index (χ3n) is 11.2. The Bertz CT molecular complexity index is 3420. The highest BCUT2D eigenvalue weighted by molar-refractivity contribution is 6.27. The minimum Gasteiger partial charge on any atom is -0.456 e. The fourth-order valence-electron chi connectivity index (χ4n) is 8.90. The molecular formula is C50H31N5O. The second kappa shape index (κ2) is 11.9. The molecule has 4 heterocycles. The van der Waals surface area contributed by atoms with Gasteiger partial charge in [-0.2, -0.15) is 0 Å². The van der Waals surface area contributed by atoms with Gasteiger partial charge in [-0.3, -0.25) is 0 Å². The Labute approximate surface area is 320 Å². The first kappa shape index (κ1) is 30.7. The zero-order valence-corrected chi connectivity index (χ0v) is 30.0. The van der Waals surface area contributed by atoms with Crippen LogP contribution in [-0.4, -0.2) is 24.1 Å². The number of hydrogen-bond donors (Lipinski definition) is 0. The first-order valence-corrected chi connectivity index (χ1v) is 18.9. The van der Waals surface area contributed by atoms with Gasteiger partial charge in [0, 0.05) is 43.4 Å². The van der Waals surface area contributed by atoms with Crippen molar-refractivity contribution in [2.75, 3.05) is 0 Å². The molecule has 0 spiro atoms. The average Bonchev–Trinajstić information content (AvgIpc) is 4.04. The van der Waals surface area contributed by atoms with Crippen molar-refractivity contribution in [3.8, 4) is 39.6 Å². The van der Waals surface area contributed by atoms with Crippen LogP contribution in [0.3, 0.4) is 0 Å². The van der Waals surface area contributed by atoms with Crippen molar-refractivity contribution in [2.24, 2.45) is 0 Å². The van der Waals surface area contributed by atoms with E-state index in [9.17, 15) is 0 Å². The van der Waals surface area contributed by atoms with Gasteiger partial charge in [0.25, 0.3) is 0 Å². The van der Waals surface area contributed by atoms with Crippen LogP contribution in [0, 0.1) is 0 Å². The third-order valence-corrected chi connectivity index (χ3v) is 11.2. The quantitative estimate of drug-likeness (QED) is 0.178. The Hall–Kier alpha value is -7.70. The molecule has 6 heteroatoms. The van der Waals surface area contributed by atoms with E-state index in [0.717, 1.165) is 89.0 Å². The van der Waals surface area contributed by atoms with Crippen LogP contribution < -0.4 is 0 Å². The van der Waals surface area contributed by atoms with E-state index in [-0.39, 0.29) is 0 Å². The SMILES string of the molecule is c1ccc(-c2nnn(-c3ccccc3)c2-c2cccc3c4ccccc4n(-c4ccccc4-n4c5ccccc5c5c6c(ccc54)oc4ccccc46)c23)cc1. The van der Waals surface area contributed by atoms with Crippen molar-refractivity contribution >= 4 is 65.6 Å². The molecule has 0 amide bonds. The molecule has 0 saturated heterocycles. The fraction of sp³-hybridized carbons (Fsp3) is 0. The molecule has 12 aromatic rings. The van der Waals surface area contributed by atoms with Crippen LogP contribution in [0.25, 0.3) is 105 Å². The van der Waals surface area contributed by atoms with Gasteiger partial charge >= 0.3 is 0 Å². The summed E-state index contributed by atoms with van der Waals surface area (Å²) in [5.41, 5.74) is 13.1. The van der Waals surface area contributed by atoms with Crippen LogP contribution in [0.1, 0.15) is 0 Å². The Morgan fingerprint density at radius 1 is 0.411 bits per heavy atom. The van der Waals surface area contributed by atoms with Crippen molar-refractivity contribution in [2.45, 2.75) is 0 Å². The van der Waals surface area contributed by atoms with Crippen molar-refractivity contribution < 1.29 is 4.42 Å². The minimum atomic E-state index is 0.825. The standard InChI is InChI=1S/C50H31N5O/c1-3-16-32(17-4-1)48-50(55(52-51-48)33-18-5-2-6-19-33)38-24-15-23-35-34-20-7-10-25-39(34)54(49(35)38)42-28-13-12-27-41(42)53-40-26-11-8-21-36(40)46-43(53)30-31-45-47(46)37-22-9-14-29-44(37)56-45/h1-31H. The molecule has 12 rings (SSSR count). The summed E-state index contributed by atoms with van der Waals surface area (Å²) in [5.74, 6) is 0. The van der Waals surface area contributed by atoms with E-state index in [1.807, 2.05) is 35.0 Å². The number of aromatic nitrogens is 5. The van der Waals surface area contributed by atoms with E-state index >= 15 is 0 Å². The van der Waals surface area contributed by atoms with Gasteiger partial charge in [-0.25, -0.2) is 4.68 Å². The van der Waals surface area contributed by atoms with Crippen LogP contribution in [0.5, 0.6) is 0 Å². The molecule has 56 heavy (non-hydrogen) atoms. The maximum absolute atomic E-state index is 6.41. The fourth-order valence-corrected chi connectivity index (χ4v) is 8.90. The summed E-state index contributed by atoms with van der Waals surface area (Å²) in [6, 6.07) is 66.2. The lowest BCUT2D eigenvalue weighted by atomic mass is 10.0. The van der Waals surface area contributed by atoms with E-state index < -0.39 is 0 Å². The molecular weight excluding hydrogens is 687 g/mol. The van der Waals surface area contributed by atoms with E-state index in [1.165, 1.54) is 16.2 Å². The summed E-state index contributed by atoms with van der Waals surface area (Å²) in [6.45, 7) is 0. The molecule has 0 aliphatic carbocycles. The topological polar surface area (TPSA) is 53.7 Å². The van der Waals surface area contributed by atoms with Crippen molar-refractivity contribution in [1.29, 1.82) is 0 Å². The number of para-hydroxylation sites is 7. The van der Waals surface area contributed by atoms with Crippen LogP contribution in [0.15, 0.2) is 192 Å². The Balaban J connectivity index is 1.21. The second-order valence-corrected chi connectivity index (χ2v) is 14.2. The lowest BCUT2D eigenvalue weighted by molar-refractivity contribution is 0.669. The van der Waals surface area contributed by atoms with Gasteiger partial charge in [-0.15, -0.1) is 5.10 Å². The van der Waals surface area contributed by atoms with E-state index in [0.29, 0.717) is 0 Å². The molecule has 0 fully saturated rings. The molecule has 0 atom stereocenters. The monoisotopic (exact) mass is 717 g/mol. The van der Waals surface area contributed by atoms with Gasteiger partial charge in [-0.1, -0.05) is 139 Å². The van der Waals surface area contributed by atoms with Gasteiger partial charge in [0.1, 0.15) is 22.6 Å². The third kappa shape index (κ3) is 4.32. The van der Waals surface area contributed by atoms with Crippen LogP contribution in [0.2, 0.25) is 0 Å². The maximum Gasteiger partial charge on any atom is 0.136 e. The molecule has 0 unspecified atom stereocenters. The van der Waals surface area contributed by atoms with Gasteiger partial charge in [-0.05, 0) is 54.6 Å². The molecule has 0 radical (unpaired) electrons. The van der Waals surface area contributed by atoms with Crippen molar-refractivity contribution in [3.63, 3.8) is 0 Å². The number of benzene rings is 8. The number of furan rings is 1. The number of fused-ring (bicyclic) bond motifs is 10. The molecule has 0 bridgehead atoms. The molecule has 0 N–H and O–H groups in total. The molecule has 0 aliphatic heterocycles. The summed E-state index contributed by atoms with van der Waals surface area (Å²) in [7, 11) is 0. The second-order valence-electron chi connectivity index (χ2n) is 14.2. The van der Waals surface area contributed by atoms with Gasteiger partial charge in [0.15, 0.2) is 0 Å². The minimum absolute atomic E-state index is 0.825. The summed E-state index contributed by atoms with van der Waals surface area (Å²) in [6.07, 6.45) is 0. The zero-order valence-electron chi connectivity index (χ0n) is 30.0. The van der Waals surface area contributed by atoms with E-state index in [4.69, 9.17) is 14.7 Å². The molecule has 8 aromatic carbocycles. The smallest absolute Gasteiger partial charge is 0.136 e. The summed E-state index contributed by atoms with van der Waals surface area (Å²) in [4.78, 5) is 0. The Kier molecular flexibility index (Phi) is 6.53. The summed E-state index contributed by atoms with van der Waals surface area (Å²) < 4.78 is 13.3. The molecule has 6 nitrogen and oxygen atoms in total. The van der Waals surface area contributed by atoms with Crippen LogP contribution in [-0.2, 0) is 0 Å². The van der Waals surface area contributed by atoms with Crippen molar-refractivity contribution in [3.05, 3.63) is 188 Å². The van der Waals surface area contributed by atoms with Gasteiger partial charge in [0.05, 0.1) is 39.1 Å². The first-order chi connectivity index (χ1) is 27.8. The Morgan fingerprint density at radius 2 is 1.04 bits per heavy atom. The molecule has 0 saturated carbocycles. The predicted molar refractivity (Wildman–Crippen MR) is 228 cm³/mol. The molecule has 262 valence electrons. The highest BCUT2D eigenvalue weighted by Crippen LogP contribution is 2.45. The highest BCUT2D eigenvalue weighted by atomic mass is 16.3. The highest BCUT2D eigenvalue weighted by Gasteiger charge is 2.26. The van der Waals surface area contributed by atoms with Crippen LogP contribution in [0.4, 0.5) is 0 Å². The van der Waals surface area contributed by atoms with Gasteiger partial charge < -0.3 is 13.6 Å². The first-order valence-electron chi connectivity index (χ1n) is 18.9. The Morgan fingerprint density at radius 3 is 1.84 bits per heavy atom. The predicted octanol–water partition coefficient (Wildman–Crippen LogP) is 12.7. The number of rotatable bonds is 5. The van der Waals surface area contributed by atoms with E-state index in [1.54, 1.807) is 0 Å². The number of hydrogen-bond acceptors (Lipinski definition) is 3. The summed E-state index contributed by atoms with van der Waals surface area (Å²) in [5, 5.41) is 16.6. The van der Waals surface area contributed by atoms with Gasteiger partial charge in [0.2, 0.25) is 0 Å². The normalized spacial score (nSPS) is 11.9. The maximum atomic E-state index is 6.41. The summed E-state index contributed by atoms with van der Waals surface area (Å²) >= 11 is 0. The molecule has 4 aromatic heterocycles. The van der Waals surface area contributed by atoms with Crippen LogP contribution >= 0.6 is 0 Å².